The number of hydrogen-bond acceptors (Lipinski definition) is 4. The zero-order chi connectivity index (χ0) is 14.6. The molecular weight excluding hydrogens is 246 g/mol. The van der Waals surface area contributed by atoms with Crippen LogP contribution in [0.1, 0.15) is 36.1 Å². The van der Waals surface area contributed by atoms with Crippen LogP contribution in [0.25, 0.3) is 0 Å². The van der Waals surface area contributed by atoms with Crippen LogP contribution in [-0.4, -0.2) is 33.9 Å². The van der Waals surface area contributed by atoms with Gasteiger partial charge in [0, 0.05) is 13.5 Å². The maximum Gasteiger partial charge on any atom is 0.216 e. The molecule has 0 aliphatic carbocycles. The van der Waals surface area contributed by atoms with E-state index in [2.05, 4.69) is 5.32 Å². The normalized spacial score (nSPS) is 13.9. The summed E-state index contributed by atoms with van der Waals surface area (Å²) >= 11 is 0. The summed E-state index contributed by atoms with van der Waals surface area (Å²) in [6.07, 6.45) is -1.73. The molecule has 1 amide bonds. The van der Waals surface area contributed by atoms with Crippen molar-refractivity contribution in [2.24, 2.45) is 0 Å². The number of aliphatic hydroxyl groups is 2. The SMILES string of the molecule is CC(=O)NCCC(O)C(O)c1cc(C)c(O)c(C)c1. The molecule has 0 heterocycles. The van der Waals surface area contributed by atoms with E-state index < -0.39 is 12.2 Å². The Bertz CT molecular complexity index is 436. The zero-order valence-corrected chi connectivity index (χ0v) is 11.5. The lowest BCUT2D eigenvalue weighted by molar-refractivity contribution is -0.119. The highest BCUT2D eigenvalue weighted by molar-refractivity contribution is 5.72. The van der Waals surface area contributed by atoms with Crippen LogP contribution in [0.5, 0.6) is 5.75 Å². The summed E-state index contributed by atoms with van der Waals surface area (Å²) in [5, 5.41) is 32.1. The van der Waals surface area contributed by atoms with Crippen LogP contribution in [0, 0.1) is 13.8 Å². The first-order chi connectivity index (χ1) is 8.82. The van der Waals surface area contributed by atoms with E-state index in [1.165, 1.54) is 6.92 Å². The number of rotatable bonds is 5. The van der Waals surface area contributed by atoms with Crippen LogP contribution in [0.4, 0.5) is 0 Å². The second-order valence-corrected chi connectivity index (χ2v) is 4.79. The number of nitrogens with one attached hydrogen (secondary N) is 1. The van der Waals surface area contributed by atoms with Gasteiger partial charge in [-0.1, -0.05) is 0 Å². The van der Waals surface area contributed by atoms with Crippen LogP contribution < -0.4 is 5.32 Å². The molecule has 0 spiro atoms. The standard InChI is InChI=1S/C14H21NO4/c1-8-6-11(7-9(2)13(8)18)14(19)12(17)4-5-15-10(3)16/h6-7,12,14,17-19H,4-5H2,1-3H3,(H,15,16). The minimum Gasteiger partial charge on any atom is -0.507 e. The van der Waals surface area contributed by atoms with Crippen molar-refractivity contribution in [3.05, 3.63) is 28.8 Å². The van der Waals surface area contributed by atoms with Crippen molar-refractivity contribution < 1.29 is 20.1 Å². The van der Waals surface area contributed by atoms with Crippen molar-refractivity contribution in [3.8, 4) is 5.75 Å². The number of aromatic hydroxyl groups is 1. The number of carbonyl (C=O) groups is 1. The maximum absolute atomic E-state index is 10.7. The van der Waals surface area contributed by atoms with Gasteiger partial charge in [-0.05, 0) is 49.1 Å². The van der Waals surface area contributed by atoms with Crippen molar-refractivity contribution in [1.29, 1.82) is 0 Å². The van der Waals surface area contributed by atoms with E-state index in [0.29, 0.717) is 23.2 Å². The minimum absolute atomic E-state index is 0.169. The van der Waals surface area contributed by atoms with E-state index in [9.17, 15) is 20.1 Å². The molecule has 0 aliphatic rings. The molecule has 0 aliphatic heterocycles. The van der Waals surface area contributed by atoms with Gasteiger partial charge < -0.3 is 20.6 Å². The average Bonchev–Trinajstić information content (AvgIpc) is 2.33. The molecule has 19 heavy (non-hydrogen) atoms. The fourth-order valence-electron chi connectivity index (χ4n) is 1.94. The highest BCUT2D eigenvalue weighted by Gasteiger charge is 2.19. The summed E-state index contributed by atoms with van der Waals surface area (Å²) in [4.78, 5) is 10.7. The van der Waals surface area contributed by atoms with Crippen LogP contribution >= 0.6 is 0 Å². The number of phenols is 1. The first kappa shape index (κ1) is 15.5. The number of aryl methyl sites for hydroxylation is 2. The quantitative estimate of drug-likeness (QED) is 0.639. The summed E-state index contributed by atoms with van der Waals surface area (Å²) in [7, 11) is 0. The van der Waals surface area contributed by atoms with Crippen LogP contribution in [-0.2, 0) is 4.79 Å². The number of amides is 1. The fraction of sp³-hybridized carbons (Fsp3) is 0.500. The van der Waals surface area contributed by atoms with Crippen molar-refractivity contribution in [2.45, 2.75) is 39.4 Å². The highest BCUT2D eigenvalue weighted by atomic mass is 16.3. The summed E-state index contributed by atoms with van der Waals surface area (Å²) in [5.74, 6) is 0.0294. The molecule has 1 aromatic carbocycles. The predicted octanol–water partition coefficient (Wildman–Crippen LogP) is 0.930. The number of carbonyl (C=O) groups excluding carboxylic acids is 1. The van der Waals surface area contributed by atoms with Gasteiger partial charge in [-0.3, -0.25) is 4.79 Å². The van der Waals surface area contributed by atoms with Gasteiger partial charge in [0.15, 0.2) is 0 Å². The van der Waals surface area contributed by atoms with E-state index >= 15 is 0 Å². The van der Waals surface area contributed by atoms with Gasteiger partial charge in [0.2, 0.25) is 5.91 Å². The molecule has 0 radical (unpaired) electrons. The largest absolute Gasteiger partial charge is 0.507 e. The lowest BCUT2D eigenvalue weighted by atomic mass is 9.97. The lowest BCUT2D eigenvalue weighted by Crippen LogP contribution is -2.27. The number of phenolic OH excluding ortho intramolecular Hbond substituents is 1. The van der Waals surface area contributed by atoms with Crippen LogP contribution in [0.3, 0.4) is 0 Å². The highest BCUT2D eigenvalue weighted by Crippen LogP contribution is 2.28. The Hall–Kier alpha value is -1.59. The Morgan fingerprint density at radius 1 is 1.26 bits per heavy atom. The van der Waals surface area contributed by atoms with Gasteiger partial charge in [0.1, 0.15) is 11.9 Å². The monoisotopic (exact) mass is 267 g/mol. The third-order valence-corrected chi connectivity index (χ3v) is 3.03. The second kappa shape index (κ2) is 6.54. The Labute approximate surface area is 112 Å². The summed E-state index contributed by atoms with van der Waals surface area (Å²) in [5.41, 5.74) is 1.87. The Kier molecular flexibility index (Phi) is 5.32. The first-order valence-corrected chi connectivity index (χ1v) is 6.23. The molecule has 2 atom stereocenters. The van der Waals surface area contributed by atoms with Gasteiger partial charge in [-0.15, -0.1) is 0 Å². The average molecular weight is 267 g/mol. The predicted molar refractivity (Wildman–Crippen MR) is 71.8 cm³/mol. The molecule has 0 fully saturated rings. The minimum atomic E-state index is -1.04. The van der Waals surface area contributed by atoms with E-state index in [-0.39, 0.29) is 18.1 Å². The van der Waals surface area contributed by atoms with E-state index in [1.807, 2.05) is 0 Å². The molecule has 5 nitrogen and oxygen atoms in total. The van der Waals surface area contributed by atoms with Crippen molar-refractivity contribution >= 4 is 5.91 Å². The van der Waals surface area contributed by atoms with Crippen molar-refractivity contribution in [1.82, 2.24) is 5.32 Å². The van der Waals surface area contributed by atoms with Gasteiger partial charge in [-0.25, -0.2) is 0 Å². The smallest absolute Gasteiger partial charge is 0.216 e. The van der Waals surface area contributed by atoms with Gasteiger partial charge >= 0.3 is 0 Å². The molecule has 0 aromatic heterocycles. The molecule has 2 unspecified atom stereocenters. The molecule has 0 bridgehead atoms. The van der Waals surface area contributed by atoms with Gasteiger partial charge in [0.25, 0.3) is 0 Å². The Balaban J connectivity index is 2.71. The first-order valence-electron chi connectivity index (χ1n) is 6.23. The Morgan fingerprint density at radius 2 is 1.79 bits per heavy atom. The molecule has 106 valence electrons. The zero-order valence-electron chi connectivity index (χ0n) is 11.5. The third kappa shape index (κ3) is 4.22. The molecule has 0 saturated carbocycles. The van der Waals surface area contributed by atoms with E-state index in [4.69, 9.17) is 0 Å². The molecule has 5 heteroatoms. The molecule has 0 saturated heterocycles. The summed E-state index contributed by atoms with van der Waals surface area (Å²) < 4.78 is 0. The molecule has 1 aromatic rings. The molecule has 4 N–H and O–H groups in total. The molecule has 1 rings (SSSR count). The summed E-state index contributed by atoms with van der Waals surface area (Å²) in [6.45, 7) is 5.18. The number of hydrogen-bond donors (Lipinski definition) is 4. The van der Waals surface area contributed by atoms with Crippen LogP contribution in [0.15, 0.2) is 12.1 Å². The second-order valence-electron chi connectivity index (χ2n) is 4.79. The maximum atomic E-state index is 10.7. The number of aliphatic hydroxyl groups excluding tert-OH is 2. The number of benzene rings is 1. The van der Waals surface area contributed by atoms with E-state index in [1.54, 1.807) is 26.0 Å². The van der Waals surface area contributed by atoms with Crippen molar-refractivity contribution in [2.75, 3.05) is 6.54 Å². The van der Waals surface area contributed by atoms with Crippen LogP contribution in [0.2, 0.25) is 0 Å². The fourth-order valence-corrected chi connectivity index (χ4v) is 1.94. The summed E-state index contributed by atoms with van der Waals surface area (Å²) in [6, 6.07) is 3.29. The lowest BCUT2D eigenvalue weighted by Gasteiger charge is -2.19. The van der Waals surface area contributed by atoms with E-state index in [0.717, 1.165) is 0 Å². The Morgan fingerprint density at radius 3 is 2.26 bits per heavy atom. The third-order valence-electron chi connectivity index (χ3n) is 3.03. The molecular formula is C14H21NO4. The topological polar surface area (TPSA) is 89.8 Å². The van der Waals surface area contributed by atoms with Gasteiger partial charge in [0.05, 0.1) is 6.10 Å². The van der Waals surface area contributed by atoms with Crippen molar-refractivity contribution in [3.63, 3.8) is 0 Å². The van der Waals surface area contributed by atoms with Gasteiger partial charge in [-0.2, -0.15) is 0 Å².